The van der Waals surface area contributed by atoms with Gasteiger partial charge in [-0.2, -0.15) is 0 Å². The van der Waals surface area contributed by atoms with E-state index in [0.717, 1.165) is 36.3 Å². The highest BCUT2D eigenvalue weighted by Gasteiger charge is 2.48. The summed E-state index contributed by atoms with van der Waals surface area (Å²) in [5, 5.41) is 2.93. The summed E-state index contributed by atoms with van der Waals surface area (Å²) in [6.45, 7) is 0.124. The Balaban J connectivity index is 1.91. The fourth-order valence-electron chi connectivity index (χ4n) is 3.12. The predicted molar refractivity (Wildman–Crippen MR) is 79.9 cm³/mol. The second-order valence-corrected chi connectivity index (χ2v) is 6.31. The van der Waals surface area contributed by atoms with Crippen molar-refractivity contribution in [2.24, 2.45) is 0 Å². The molecule has 1 heterocycles. The van der Waals surface area contributed by atoms with E-state index in [0.29, 0.717) is 0 Å². The molecule has 0 atom stereocenters. The number of benzene rings is 1. The van der Waals surface area contributed by atoms with Gasteiger partial charge >= 0.3 is 0 Å². The van der Waals surface area contributed by atoms with Crippen LogP contribution in [0.5, 0.6) is 0 Å². The van der Waals surface area contributed by atoms with Gasteiger partial charge in [-0.15, -0.1) is 11.8 Å². The van der Waals surface area contributed by atoms with Crippen LogP contribution in [-0.2, 0) is 9.59 Å². The van der Waals surface area contributed by atoms with E-state index in [9.17, 15) is 9.59 Å². The van der Waals surface area contributed by atoms with Gasteiger partial charge in [0.05, 0.1) is 0 Å². The Morgan fingerprint density at radius 3 is 2.40 bits per heavy atom. The Labute approximate surface area is 122 Å². The lowest BCUT2D eigenvalue weighted by Crippen LogP contribution is -2.65. The zero-order valence-corrected chi connectivity index (χ0v) is 12.3. The van der Waals surface area contributed by atoms with E-state index >= 15 is 0 Å². The average Bonchev–Trinajstić information content (AvgIpc) is 2.92. The second-order valence-electron chi connectivity index (χ2n) is 5.43. The SMILES string of the molecule is CSc1ccc(N2CC(=O)NC3(CCCC3)C2=O)cc1. The standard InChI is InChI=1S/C15H18N2O2S/c1-20-12-6-4-11(5-7-12)17-10-13(18)16-15(14(17)19)8-2-3-9-15/h4-7H,2-3,8-10H2,1H3,(H,16,18). The minimum Gasteiger partial charge on any atom is -0.340 e. The number of hydrogen-bond acceptors (Lipinski definition) is 3. The van der Waals surface area contributed by atoms with Gasteiger partial charge < -0.3 is 10.2 Å². The summed E-state index contributed by atoms with van der Waals surface area (Å²) in [6.07, 6.45) is 5.55. The first kappa shape index (κ1) is 13.5. The molecule has 1 spiro atoms. The van der Waals surface area contributed by atoms with Crippen LogP contribution in [0.4, 0.5) is 5.69 Å². The number of rotatable bonds is 2. The van der Waals surface area contributed by atoms with Crippen molar-refractivity contribution in [3.63, 3.8) is 0 Å². The summed E-state index contributed by atoms with van der Waals surface area (Å²) in [4.78, 5) is 27.5. The number of carbonyl (C=O) groups is 2. The molecule has 2 aliphatic rings. The van der Waals surface area contributed by atoms with E-state index in [2.05, 4.69) is 5.32 Å². The lowest BCUT2D eigenvalue weighted by Gasteiger charge is -2.39. The molecule has 5 heteroatoms. The second kappa shape index (κ2) is 5.13. The highest BCUT2D eigenvalue weighted by Crippen LogP contribution is 2.35. The third-order valence-corrected chi connectivity index (χ3v) is 4.92. The van der Waals surface area contributed by atoms with Crippen LogP contribution >= 0.6 is 11.8 Å². The number of amides is 2. The van der Waals surface area contributed by atoms with E-state index in [1.807, 2.05) is 30.5 Å². The number of thioether (sulfide) groups is 1. The number of nitrogens with one attached hydrogen (secondary N) is 1. The Morgan fingerprint density at radius 2 is 1.80 bits per heavy atom. The Morgan fingerprint density at radius 1 is 1.15 bits per heavy atom. The third kappa shape index (κ3) is 2.20. The van der Waals surface area contributed by atoms with Gasteiger partial charge in [-0.3, -0.25) is 9.59 Å². The molecule has 1 aliphatic carbocycles. The van der Waals surface area contributed by atoms with Gasteiger partial charge in [-0.25, -0.2) is 0 Å². The predicted octanol–water partition coefficient (Wildman–Crippen LogP) is 2.18. The van der Waals surface area contributed by atoms with Crippen LogP contribution in [-0.4, -0.2) is 30.2 Å². The first-order chi connectivity index (χ1) is 9.64. The molecule has 20 heavy (non-hydrogen) atoms. The fraction of sp³-hybridized carbons (Fsp3) is 0.467. The molecule has 2 fully saturated rings. The van der Waals surface area contributed by atoms with Crippen molar-refractivity contribution in [3.8, 4) is 0 Å². The molecular weight excluding hydrogens is 272 g/mol. The maximum Gasteiger partial charge on any atom is 0.253 e. The highest BCUT2D eigenvalue weighted by molar-refractivity contribution is 7.98. The third-order valence-electron chi connectivity index (χ3n) is 4.18. The molecule has 2 amide bonds. The van der Waals surface area contributed by atoms with Gasteiger partial charge in [0.25, 0.3) is 5.91 Å². The van der Waals surface area contributed by atoms with Gasteiger partial charge in [0.2, 0.25) is 5.91 Å². The van der Waals surface area contributed by atoms with Gasteiger partial charge in [0, 0.05) is 10.6 Å². The van der Waals surface area contributed by atoms with Crippen LogP contribution in [0.25, 0.3) is 0 Å². The van der Waals surface area contributed by atoms with Crippen LogP contribution in [0.1, 0.15) is 25.7 Å². The molecule has 0 bridgehead atoms. The topological polar surface area (TPSA) is 49.4 Å². The highest BCUT2D eigenvalue weighted by atomic mass is 32.2. The fourth-order valence-corrected chi connectivity index (χ4v) is 3.53. The van der Waals surface area contributed by atoms with E-state index in [-0.39, 0.29) is 18.4 Å². The van der Waals surface area contributed by atoms with Crippen molar-refractivity contribution < 1.29 is 9.59 Å². The minimum atomic E-state index is -0.645. The number of anilines is 1. The van der Waals surface area contributed by atoms with Crippen molar-refractivity contribution in [3.05, 3.63) is 24.3 Å². The van der Waals surface area contributed by atoms with Crippen LogP contribution in [0.15, 0.2) is 29.2 Å². The summed E-state index contributed by atoms with van der Waals surface area (Å²) < 4.78 is 0. The molecule has 1 saturated heterocycles. The Bertz CT molecular complexity index is 535. The lowest BCUT2D eigenvalue weighted by atomic mass is 9.92. The Kier molecular flexibility index (Phi) is 3.46. The first-order valence-electron chi connectivity index (χ1n) is 6.92. The largest absolute Gasteiger partial charge is 0.340 e. The summed E-state index contributed by atoms with van der Waals surface area (Å²) in [7, 11) is 0. The van der Waals surface area contributed by atoms with Crippen LogP contribution in [0.3, 0.4) is 0 Å². The lowest BCUT2D eigenvalue weighted by molar-refractivity contribution is -0.135. The van der Waals surface area contributed by atoms with E-state index in [4.69, 9.17) is 0 Å². The number of hydrogen-bond donors (Lipinski definition) is 1. The smallest absolute Gasteiger partial charge is 0.253 e. The maximum atomic E-state index is 12.8. The number of piperazine rings is 1. The summed E-state index contributed by atoms with van der Waals surface area (Å²) >= 11 is 1.66. The monoisotopic (exact) mass is 290 g/mol. The number of carbonyl (C=O) groups excluding carboxylic acids is 2. The molecule has 1 aromatic carbocycles. The summed E-state index contributed by atoms with van der Waals surface area (Å²) in [5.41, 5.74) is 0.168. The van der Waals surface area contributed by atoms with Gasteiger partial charge in [0.15, 0.2) is 0 Å². The number of nitrogens with zero attached hydrogens (tertiary/aromatic N) is 1. The average molecular weight is 290 g/mol. The van der Waals surface area contributed by atoms with Crippen LogP contribution in [0.2, 0.25) is 0 Å². The molecular formula is C15H18N2O2S. The molecule has 0 unspecified atom stereocenters. The normalized spacial score (nSPS) is 21.4. The molecule has 1 saturated carbocycles. The van der Waals surface area contributed by atoms with Crippen molar-refractivity contribution in [1.82, 2.24) is 5.32 Å². The zero-order valence-electron chi connectivity index (χ0n) is 11.5. The Hall–Kier alpha value is -1.49. The molecule has 1 aromatic rings. The molecule has 3 rings (SSSR count). The minimum absolute atomic E-state index is 0.0477. The molecule has 1 aliphatic heterocycles. The zero-order chi connectivity index (χ0) is 14.2. The van der Waals surface area contributed by atoms with E-state index < -0.39 is 5.54 Å². The molecule has 106 valence electrons. The first-order valence-corrected chi connectivity index (χ1v) is 8.14. The van der Waals surface area contributed by atoms with Gasteiger partial charge in [-0.1, -0.05) is 12.8 Å². The van der Waals surface area contributed by atoms with Crippen molar-refractivity contribution in [2.45, 2.75) is 36.1 Å². The molecule has 0 aromatic heterocycles. The van der Waals surface area contributed by atoms with E-state index in [1.165, 1.54) is 0 Å². The summed E-state index contributed by atoms with van der Waals surface area (Å²) in [5.74, 6) is -0.00746. The van der Waals surface area contributed by atoms with Crippen LogP contribution in [0, 0.1) is 0 Å². The molecule has 0 radical (unpaired) electrons. The van der Waals surface area contributed by atoms with Crippen LogP contribution < -0.4 is 10.2 Å². The van der Waals surface area contributed by atoms with Crippen molar-refractivity contribution in [1.29, 1.82) is 0 Å². The maximum absolute atomic E-state index is 12.8. The van der Waals surface area contributed by atoms with Gasteiger partial charge in [0.1, 0.15) is 12.1 Å². The van der Waals surface area contributed by atoms with E-state index in [1.54, 1.807) is 16.7 Å². The molecule has 1 N–H and O–H groups in total. The van der Waals surface area contributed by atoms with Crippen molar-refractivity contribution >= 4 is 29.3 Å². The molecule has 4 nitrogen and oxygen atoms in total. The van der Waals surface area contributed by atoms with Gasteiger partial charge in [-0.05, 0) is 43.4 Å². The van der Waals surface area contributed by atoms with Crippen molar-refractivity contribution in [2.75, 3.05) is 17.7 Å². The summed E-state index contributed by atoms with van der Waals surface area (Å²) in [6, 6.07) is 7.82. The quantitative estimate of drug-likeness (QED) is 0.849.